The number of aromatic nitrogens is 3. The highest BCUT2D eigenvalue weighted by Gasteiger charge is 2.40. The van der Waals surface area contributed by atoms with Crippen LogP contribution in [-0.4, -0.2) is 15.0 Å². The summed E-state index contributed by atoms with van der Waals surface area (Å²) in [5.41, 5.74) is 21.2. The summed E-state index contributed by atoms with van der Waals surface area (Å²) >= 11 is 0. The third kappa shape index (κ3) is 4.72. The van der Waals surface area contributed by atoms with Crippen LogP contribution in [0.3, 0.4) is 0 Å². The fourth-order valence-electron chi connectivity index (χ4n) is 9.76. The Morgan fingerprint density at radius 3 is 1.75 bits per heavy atom. The minimum absolute atomic E-state index is 0.133. The summed E-state index contributed by atoms with van der Waals surface area (Å²) in [6, 6.07) is 55.0. The van der Waals surface area contributed by atoms with E-state index in [1.54, 1.807) is 0 Å². The highest BCUT2D eigenvalue weighted by atomic mass is 15.0. The van der Waals surface area contributed by atoms with Gasteiger partial charge in [0.25, 0.3) is 0 Å². The van der Waals surface area contributed by atoms with Gasteiger partial charge in [-0.15, -0.1) is 0 Å². The molecule has 11 rings (SSSR count). The predicted molar refractivity (Wildman–Crippen MR) is 225 cm³/mol. The zero-order valence-electron chi connectivity index (χ0n) is 31.5. The molecule has 0 radical (unpaired) electrons. The quantitative estimate of drug-likeness (QED) is 0.183. The first-order chi connectivity index (χ1) is 26.8. The molecule has 3 heteroatoms. The third-order valence-corrected chi connectivity index (χ3v) is 12.5. The van der Waals surface area contributed by atoms with Gasteiger partial charge in [-0.05, 0) is 103 Å². The number of benzene rings is 7. The molecule has 262 valence electrons. The zero-order valence-corrected chi connectivity index (χ0v) is 31.5. The standard InChI is InChI=1S/C52H39N3/c1-51(2)43-20-11-10-19-39(43)40-24-22-37(30-45(40)51)50-54-48(35-17-12-16-32(27-35)31-13-6-5-7-14-31)53-49(55-50)36-23-26-44-42(29-36)41-25-21-34-28-33-15-8-9-18-38(33)46(34)47(41)52(44,3)4/h5-27,29-30H,28H2,1-4H3. The summed E-state index contributed by atoms with van der Waals surface area (Å²) in [6.07, 6.45) is 0.990. The van der Waals surface area contributed by atoms with Gasteiger partial charge >= 0.3 is 0 Å². The van der Waals surface area contributed by atoms with E-state index in [4.69, 9.17) is 15.0 Å². The number of fused-ring (bicyclic) bond motifs is 10. The monoisotopic (exact) mass is 705 g/mol. The second kappa shape index (κ2) is 11.5. The van der Waals surface area contributed by atoms with E-state index < -0.39 is 0 Å². The lowest BCUT2D eigenvalue weighted by Gasteiger charge is -2.24. The van der Waals surface area contributed by atoms with Crippen LogP contribution in [0.25, 0.3) is 78.7 Å². The van der Waals surface area contributed by atoms with Crippen molar-refractivity contribution in [1.82, 2.24) is 15.0 Å². The van der Waals surface area contributed by atoms with E-state index in [0.717, 1.165) is 34.2 Å². The molecule has 8 aromatic rings. The smallest absolute Gasteiger partial charge is 0.164 e. The summed E-state index contributed by atoms with van der Waals surface area (Å²) < 4.78 is 0. The van der Waals surface area contributed by atoms with Crippen molar-refractivity contribution in [3.05, 3.63) is 185 Å². The Bertz CT molecular complexity index is 2900. The van der Waals surface area contributed by atoms with Crippen molar-refractivity contribution in [3.8, 4) is 78.7 Å². The topological polar surface area (TPSA) is 38.7 Å². The van der Waals surface area contributed by atoms with Crippen molar-refractivity contribution in [2.24, 2.45) is 0 Å². The van der Waals surface area contributed by atoms with Crippen molar-refractivity contribution in [3.63, 3.8) is 0 Å². The van der Waals surface area contributed by atoms with E-state index in [9.17, 15) is 0 Å². The molecule has 0 saturated heterocycles. The van der Waals surface area contributed by atoms with E-state index >= 15 is 0 Å². The van der Waals surface area contributed by atoms with Crippen LogP contribution in [0.2, 0.25) is 0 Å². The molecule has 0 amide bonds. The molecule has 0 bridgehead atoms. The molecule has 7 aromatic carbocycles. The van der Waals surface area contributed by atoms with Crippen molar-refractivity contribution >= 4 is 0 Å². The van der Waals surface area contributed by atoms with Crippen molar-refractivity contribution in [1.29, 1.82) is 0 Å². The van der Waals surface area contributed by atoms with E-state index in [-0.39, 0.29) is 10.8 Å². The lowest BCUT2D eigenvalue weighted by Crippen LogP contribution is -2.16. The molecule has 0 N–H and O–H groups in total. The predicted octanol–water partition coefficient (Wildman–Crippen LogP) is 12.7. The fraction of sp³-hybridized carbons (Fsp3) is 0.135. The first-order valence-electron chi connectivity index (χ1n) is 19.3. The van der Waals surface area contributed by atoms with E-state index in [2.05, 4.69) is 179 Å². The van der Waals surface area contributed by atoms with Crippen LogP contribution in [0.4, 0.5) is 0 Å². The summed E-state index contributed by atoms with van der Waals surface area (Å²) in [5, 5.41) is 0. The van der Waals surface area contributed by atoms with Gasteiger partial charge in [-0.25, -0.2) is 15.0 Å². The van der Waals surface area contributed by atoms with E-state index in [0.29, 0.717) is 17.5 Å². The normalized spacial score (nSPS) is 14.8. The van der Waals surface area contributed by atoms with Crippen LogP contribution in [0.1, 0.15) is 61.1 Å². The molecule has 1 heterocycles. The second-order valence-electron chi connectivity index (χ2n) is 16.4. The maximum atomic E-state index is 5.29. The van der Waals surface area contributed by atoms with Gasteiger partial charge in [0.15, 0.2) is 17.5 Å². The summed E-state index contributed by atoms with van der Waals surface area (Å²) in [7, 11) is 0. The van der Waals surface area contributed by atoms with Crippen LogP contribution < -0.4 is 0 Å². The van der Waals surface area contributed by atoms with Crippen LogP contribution in [0, 0.1) is 0 Å². The number of hydrogen-bond acceptors (Lipinski definition) is 3. The average molecular weight is 706 g/mol. The average Bonchev–Trinajstić information content (AvgIpc) is 3.80. The summed E-state index contributed by atoms with van der Waals surface area (Å²) in [4.78, 5) is 15.8. The maximum absolute atomic E-state index is 5.29. The first-order valence-corrected chi connectivity index (χ1v) is 19.3. The Hall–Kier alpha value is -6.45. The second-order valence-corrected chi connectivity index (χ2v) is 16.4. The Morgan fingerprint density at radius 1 is 0.364 bits per heavy atom. The van der Waals surface area contributed by atoms with Crippen LogP contribution in [0.5, 0.6) is 0 Å². The molecule has 0 spiro atoms. The molecular formula is C52H39N3. The van der Waals surface area contributed by atoms with Crippen LogP contribution in [0.15, 0.2) is 152 Å². The molecule has 1 aromatic heterocycles. The molecular weight excluding hydrogens is 667 g/mol. The van der Waals surface area contributed by atoms with Crippen molar-refractivity contribution in [2.45, 2.75) is 44.9 Å². The minimum Gasteiger partial charge on any atom is -0.208 e. The summed E-state index contributed by atoms with van der Waals surface area (Å²) in [6.45, 7) is 9.40. The summed E-state index contributed by atoms with van der Waals surface area (Å²) in [5.74, 6) is 2.01. The van der Waals surface area contributed by atoms with Gasteiger partial charge in [0, 0.05) is 27.5 Å². The van der Waals surface area contributed by atoms with Gasteiger partial charge < -0.3 is 0 Å². The Morgan fingerprint density at radius 2 is 0.945 bits per heavy atom. The molecule has 55 heavy (non-hydrogen) atoms. The molecule has 0 saturated carbocycles. The maximum Gasteiger partial charge on any atom is 0.164 e. The Balaban J connectivity index is 1.09. The molecule has 0 fully saturated rings. The molecule has 0 unspecified atom stereocenters. The SMILES string of the molecule is CC1(C)c2ccccc2-c2ccc(-c3nc(-c4cccc(-c5ccccc5)c4)nc(-c4ccc5c(c4)-c4ccc6c(c4C5(C)C)-c4ccccc4C6)n3)cc21. The van der Waals surface area contributed by atoms with Crippen LogP contribution >= 0.6 is 0 Å². The highest BCUT2D eigenvalue weighted by Crippen LogP contribution is 2.56. The lowest BCUT2D eigenvalue weighted by molar-refractivity contribution is 0.660. The van der Waals surface area contributed by atoms with Gasteiger partial charge in [0.1, 0.15) is 0 Å². The van der Waals surface area contributed by atoms with Gasteiger partial charge in [-0.1, -0.05) is 161 Å². The van der Waals surface area contributed by atoms with Gasteiger partial charge in [0.2, 0.25) is 0 Å². The fourth-order valence-corrected chi connectivity index (χ4v) is 9.76. The zero-order chi connectivity index (χ0) is 37.1. The minimum atomic E-state index is -0.145. The molecule has 0 atom stereocenters. The van der Waals surface area contributed by atoms with Gasteiger partial charge in [-0.2, -0.15) is 0 Å². The Labute approximate surface area is 322 Å². The van der Waals surface area contributed by atoms with E-state index in [1.807, 2.05) is 0 Å². The number of hydrogen-bond donors (Lipinski definition) is 0. The van der Waals surface area contributed by atoms with Gasteiger partial charge in [-0.3, -0.25) is 0 Å². The largest absolute Gasteiger partial charge is 0.208 e. The van der Waals surface area contributed by atoms with Crippen molar-refractivity contribution < 1.29 is 0 Å². The number of nitrogens with zero attached hydrogens (tertiary/aromatic N) is 3. The highest BCUT2D eigenvalue weighted by molar-refractivity contribution is 5.93. The molecule has 3 aliphatic carbocycles. The van der Waals surface area contributed by atoms with Gasteiger partial charge in [0.05, 0.1) is 0 Å². The third-order valence-electron chi connectivity index (χ3n) is 12.5. The van der Waals surface area contributed by atoms with Crippen molar-refractivity contribution in [2.75, 3.05) is 0 Å². The molecule has 3 aliphatic rings. The first kappa shape index (κ1) is 32.0. The lowest BCUT2D eigenvalue weighted by atomic mass is 9.78. The Kier molecular flexibility index (Phi) is 6.71. The molecule has 3 nitrogen and oxygen atoms in total. The van der Waals surface area contributed by atoms with E-state index in [1.165, 1.54) is 66.8 Å². The number of rotatable bonds is 4. The van der Waals surface area contributed by atoms with Crippen LogP contribution in [-0.2, 0) is 17.3 Å². The molecule has 0 aliphatic heterocycles.